The van der Waals surface area contributed by atoms with Crippen LogP contribution in [-0.4, -0.2) is 41.0 Å². The van der Waals surface area contributed by atoms with E-state index in [-0.39, 0.29) is 34.5 Å². The topological polar surface area (TPSA) is 135 Å². The second-order valence-electron chi connectivity index (χ2n) is 7.16. The normalized spacial score (nSPS) is 15.8. The number of para-hydroxylation sites is 1. The Morgan fingerprint density at radius 1 is 1.15 bits per heavy atom. The van der Waals surface area contributed by atoms with Crippen LogP contribution < -0.4 is 5.32 Å². The molecule has 0 aromatic heterocycles. The standard InChI is InChI=1S/C24H22N4O5S/c1-33-24(30)27-23(34-2)26-19-13-12-17(22(29)15-8-4-3-5-9-15)18(21(19)25)14-16-10-6-7-11-20(16)28(31)32/h3-13,18,25H,14H2,1-2H3,(H,26,27,30). The van der Waals surface area contributed by atoms with Gasteiger partial charge >= 0.3 is 6.09 Å². The second-order valence-corrected chi connectivity index (χ2v) is 7.96. The van der Waals surface area contributed by atoms with Crippen molar-refractivity contribution in [3.05, 3.63) is 99.3 Å². The van der Waals surface area contributed by atoms with Gasteiger partial charge in [0.2, 0.25) is 0 Å². The van der Waals surface area contributed by atoms with Gasteiger partial charge in [-0.2, -0.15) is 0 Å². The quantitative estimate of drug-likeness (QED) is 0.206. The smallest absolute Gasteiger partial charge is 0.412 e. The van der Waals surface area contributed by atoms with Crippen molar-refractivity contribution in [2.45, 2.75) is 6.42 Å². The minimum absolute atomic E-state index is 0.0122. The second kappa shape index (κ2) is 11.2. The molecular formula is C24H22N4O5S. The maximum atomic E-state index is 13.3. The number of carbonyl (C=O) groups is 2. The number of ketones is 1. The molecule has 0 bridgehead atoms. The van der Waals surface area contributed by atoms with Crippen molar-refractivity contribution in [2.75, 3.05) is 13.4 Å². The first-order valence-corrected chi connectivity index (χ1v) is 11.4. The van der Waals surface area contributed by atoms with Crippen LogP contribution in [0.15, 0.2) is 83.0 Å². The first kappa shape index (κ1) is 24.6. The molecule has 0 saturated heterocycles. The zero-order valence-corrected chi connectivity index (χ0v) is 19.3. The van der Waals surface area contributed by atoms with Crippen molar-refractivity contribution in [3.8, 4) is 0 Å². The summed E-state index contributed by atoms with van der Waals surface area (Å²) in [6, 6.07) is 14.9. The summed E-state index contributed by atoms with van der Waals surface area (Å²) in [5, 5.41) is 23.0. The largest absolute Gasteiger partial charge is 0.453 e. The Morgan fingerprint density at radius 3 is 2.47 bits per heavy atom. The van der Waals surface area contributed by atoms with Gasteiger partial charge in [-0.25, -0.2) is 9.79 Å². The fraction of sp³-hybridized carbons (Fsp3) is 0.167. The van der Waals surface area contributed by atoms with Crippen molar-refractivity contribution in [1.29, 1.82) is 5.41 Å². The summed E-state index contributed by atoms with van der Waals surface area (Å²) in [6.45, 7) is 0. The van der Waals surface area contributed by atoms with Gasteiger partial charge in [-0.05, 0) is 18.8 Å². The van der Waals surface area contributed by atoms with E-state index in [1.165, 1.54) is 19.3 Å². The van der Waals surface area contributed by atoms with Crippen molar-refractivity contribution >= 4 is 40.2 Å². The van der Waals surface area contributed by atoms with E-state index in [9.17, 15) is 19.7 Å². The summed E-state index contributed by atoms with van der Waals surface area (Å²) in [5.41, 5.74) is 1.34. The number of nitrogens with zero attached hydrogens (tertiary/aromatic N) is 2. The fourth-order valence-corrected chi connectivity index (χ4v) is 3.84. The third-order valence-electron chi connectivity index (χ3n) is 5.14. The summed E-state index contributed by atoms with van der Waals surface area (Å²) >= 11 is 1.15. The van der Waals surface area contributed by atoms with Crippen LogP contribution in [0.4, 0.5) is 10.5 Å². The highest BCUT2D eigenvalue weighted by Crippen LogP contribution is 2.32. The van der Waals surface area contributed by atoms with Gasteiger partial charge < -0.3 is 10.1 Å². The summed E-state index contributed by atoms with van der Waals surface area (Å²) in [5.74, 6) is -1.05. The summed E-state index contributed by atoms with van der Waals surface area (Å²) < 4.78 is 4.59. The Hall–Kier alpha value is -4.05. The molecule has 10 heteroatoms. The van der Waals surface area contributed by atoms with Gasteiger partial charge in [0.25, 0.3) is 5.69 Å². The third kappa shape index (κ3) is 5.65. The summed E-state index contributed by atoms with van der Waals surface area (Å²) in [7, 11) is 1.22. The molecule has 0 fully saturated rings. The average molecular weight is 479 g/mol. The molecule has 34 heavy (non-hydrogen) atoms. The van der Waals surface area contributed by atoms with Crippen molar-refractivity contribution in [1.82, 2.24) is 5.32 Å². The number of nitro groups is 1. The van der Waals surface area contributed by atoms with Gasteiger partial charge in [-0.3, -0.25) is 20.2 Å². The Labute approximate surface area is 200 Å². The van der Waals surface area contributed by atoms with Gasteiger partial charge in [0.05, 0.1) is 23.4 Å². The number of Topliss-reactive ketones (excluding diaryl/α,β-unsaturated/α-hetero) is 1. The van der Waals surface area contributed by atoms with Crippen LogP contribution in [0.1, 0.15) is 15.9 Å². The van der Waals surface area contributed by atoms with E-state index in [1.54, 1.807) is 60.9 Å². The molecule has 1 amide bonds. The highest BCUT2D eigenvalue weighted by molar-refractivity contribution is 8.13. The van der Waals surface area contributed by atoms with Crippen LogP contribution in [0, 0.1) is 21.4 Å². The van der Waals surface area contributed by atoms with Gasteiger partial charge in [0.15, 0.2) is 11.0 Å². The molecule has 0 heterocycles. The molecule has 1 aliphatic carbocycles. The van der Waals surface area contributed by atoms with Gasteiger partial charge in [0.1, 0.15) is 0 Å². The maximum Gasteiger partial charge on any atom is 0.412 e. The number of hydrogen-bond donors (Lipinski definition) is 2. The molecule has 0 radical (unpaired) electrons. The number of amides is 1. The molecule has 0 saturated carbocycles. The Balaban J connectivity index is 2.05. The Kier molecular flexibility index (Phi) is 8.10. The zero-order chi connectivity index (χ0) is 24.7. The minimum Gasteiger partial charge on any atom is -0.453 e. The predicted octanol–water partition coefficient (Wildman–Crippen LogP) is 4.56. The van der Waals surface area contributed by atoms with E-state index in [1.807, 2.05) is 0 Å². The molecule has 3 rings (SSSR count). The monoisotopic (exact) mass is 478 g/mol. The molecule has 1 atom stereocenters. The van der Waals surface area contributed by atoms with E-state index in [4.69, 9.17) is 5.41 Å². The third-order valence-corrected chi connectivity index (χ3v) is 5.72. The first-order valence-electron chi connectivity index (χ1n) is 10.2. The maximum absolute atomic E-state index is 13.3. The molecule has 2 aromatic carbocycles. The number of nitrogens with one attached hydrogen (secondary N) is 2. The van der Waals surface area contributed by atoms with E-state index < -0.39 is 16.9 Å². The van der Waals surface area contributed by atoms with Crippen molar-refractivity contribution in [2.24, 2.45) is 10.9 Å². The molecular weight excluding hydrogens is 456 g/mol. The molecule has 0 aliphatic heterocycles. The number of nitro benzene ring substituents is 1. The number of benzene rings is 2. The number of amidine groups is 1. The number of aliphatic imine (C=N–C) groups is 1. The van der Waals surface area contributed by atoms with Crippen LogP contribution in [0.2, 0.25) is 0 Å². The molecule has 1 aliphatic rings. The summed E-state index contributed by atoms with van der Waals surface area (Å²) in [6.07, 6.45) is 4.17. The molecule has 0 spiro atoms. The lowest BCUT2D eigenvalue weighted by atomic mass is 9.79. The number of hydrogen-bond acceptors (Lipinski definition) is 8. The van der Waals surface area contributed by atoms with Gasteiger partial charge in [-0.15, -0.1) is 0 Å². The number of rotatable bonds is 6. The van der Waals surface area contributed by atoms with E-state index in [0.29, 0.717) is 16.7 Å². The number of allylic oxidation sites excluding steroid dienone is 4. The summed E-state index contributed by atoms with van der Waals surface area (Å²) in [4.78, 5) is 40.3. The van der Waals surface area contributed by atoms with Crippen LogP contribution in [0.3, 0.4) is 0 Å². The van der Waals surface area contributed by atoms with Crippen LogP contribution in [0.25, 0.3) is 0 Å². The number of ether oxygens (including phenoxy) is 1. The molecule has 2 aromatic rings. The number of methoxy groups -OCH3 is 1. The van der Waals surface area contributed by atoms with Gasteiger partial charge in [0, 0.05) is 28.7 Å². The van der Waals surface area contributed by atoms with Crippen LogP contribution in [-0.2, 0) is 11.2 Å². The van der Waals surface area contributed by atoms with Crippen molar-refractivity contribution in [3.63, 3.8) is 0 Å². The molecule has 174 valence electrons. The number of carbonyl (C=O) groups excluding carboxylic acids is 2. The molecule has 9 nitrogen and oxygen atoms in total. The Morgan fingerprint density at radius 2 is 1.82 bits per heavy atom. The first-order chi connectivity index (χ1) is 16.3. The predicted molar refractivity (Wildman–Crippen MR) is 131 cm³/mol. The molecule has 1 unspecified atom stereocenters. The lowest BCUT2D eigenvalue weighted by Gasteiger charge is -2.24. The van der Waals surface area contributed by atoms with E-state index >= 15 is 0 Å². The zero-order valence-electron chi connectivity index (χ0n) is 18.5. The number of alkyl carbamates (subject to hydrolysis) is 1. The highest BCUT2D eigenvalue weighted by atomic mass is 32.2. The SMILES string of the molecule is COC(=O)NC(=NC1=CC=C(C(=O)c2ccccc2)C(Cc2ccccc2[N+](=O)[O-])C1=N)SC. The highest BCUT2D eigenvalue weighted by Gasteiger charge is 2.32. The van der Waals surface area contributed by atoms with Crippen LogP contribution >= 0.6 is 11.8 Å². The number of thioether (sulfide) groups is 1. The van der Waals surface area contributed by atoms with Crippen molar-refractivity contribution < 1.29 is 19.2 Å². The van der Waals surface area contributed by atoms with Crippen LogP contribution in [0.5, 0.6) is 0 Å². The minimum atomic E-state index is -0.779. The lowest BCUT2D eigenvalue weighted by Crippen LogP contribution is -2.30. The lowest BCUT2D eigenvalue weighted by molar-refractivity contribution is -0.385. The fourth-order valence-electron chi connectivity index (χ4n) is 3.46. The van der Waals surface area contributed by atoms with E-state index in [0.717, 1.165) is 11.8 Å². The molecule has 2 N–H and O–H groups in total. The Bertz CT molecular complexity index is 1220. The van der Waals surface area contributed by atoms with E-state index in [2.05, 4.69) is 15.0 Å². The average Bonchev–Trinajstić information content (AvgIpc) is 2.86. The van der Waals surface area contributed by atoms with Gasteiger partial charge in [-0.1, -0.05) is 66.4 Å².